The van der Waals surface area contributed by atoms with Crippen molar-refractivity contribution in [1.82, 2.24) is 0 Å². The first-order valence-electron chi connectivity index (χ1n) is 4.28. The third-order valence-electron chi connectivity index (χ3n) is 1.72. The van der Waals surface area contributed by atoms with E-state index in [1.54, 1.807) is 12.1 Å². The molecule has 0 amide bonds. The molecule has 1 aromatic rings. The van der Waals surface area contributed by atoms with Crippen molar-refractivity contribution in [3.8, 4) is 11.8 Å². The van der Waals surface area contributed by atoms with Crippen LogP contribution in [0.15, 0.2) is 29.2 Å². The lowest BCUT2D eigenvalue weighted by atomic mass is 10.3. The molecule has 0 fully saturated rings. The monoisotopic (exact) mass is 209 g/mol. The Hall–Kier alpha value is -1.34. The van der Waals surface area contributed by atoms with E-state index in [0.717, 1.165) is 0 Å². The number of nitrogens with zero attached hydrogens (tertiary/aromatic N) is 1. The fourth-order valence-electron chi connectivity index (χ4n) is 0.998. The first kappa shape index (κ1) is 10.7. The van der Waals surface area contributed by atoms with Gasteiger partial charge in [0, 0.05) is 17.1 Å². The molecule has 0 radical (unpaired) electrons. The maximum absolute atomic E-state index is 11.6. The van der Waals surface area contributed by atoms with E-state index in [2.05, 4.69) is 0 Å². The molecule has 1 rings (SSSR count). The predicted molar refractivity (Wildman–Crippen MR) is 54.2 cm³/mol. The molecule has 0 unspecified atom stereocenters. The van der Waals surface area contributed by atoms with Gasteiger partial charge in [-0.15, -0.1) is 0 Å². The van der Waals surface area contributed by atoms with Crippen LogP contribution in [0.2, 0.25) is 0 Å². The summed E-state index contributed by atoms with van der Waals surface area (Å²) in [6.45, 7) is 0. The zero-order valence-corrected chi connectivity index (χ0v) is 8.46. The van der Waals surface area contributed by atoms with Gasteiger partial charge in [-0.1, -0.05) is 0 Å². The minimum atomic E-state index is -1.06. The average molecular weight is 209 g/mol. The summed E-state index contributed by atoms with van der Waals surface area (Å²) in [5.41, 5.74) is 0. The Morgan fingerprint density at radius 1 is 1.36 bits per heavy atom. The highest BCUT2D eigenvalue weighted by Crippen LogP contribution is 2.13. The Morgan fingerprint density at radius 3 is 2.57 bits per heavy atom. The molecule has 0 spiro atoms. The number of phenolic OH excluding ortho intramolecular Hbond substituents is 1. The molecule has 1 aromatic carbocycles. The number of rotatable bonds is 4. The fraction of sp³-hybridized carbons (Fsp3) is 0.300. The van der Waals surface area contributed by atoms with Gasteiger partial charge in [0.25, 0.3) is 0 Å². The van der Waals surface area contributed by atoms with Crippen molar-refractivity contribution in [2.24, 2.45) is 0 Å². The molecular formula is C10H11NO2S. The molecule has 14 heavy (non-hydrogen) atoms. The molecule has 1 atom stereocenters. The zero-order valence-electron chi connectivity index (χ0n) is 7.64. The van der Waals surface area contributed by atoms with Gasteiger partial charge in [-0.25, -0.2) is 0 Å². The smallest absolute Gasteiger partial charge is 0.115 e. The second kappa shape index (κ2) is 5.40. The van der Waals surface area contributed by atoms with E-state index < -0.39 is 10.8 Å². The van der Waals surface area contributed by atoms with Crippen LogP contribution in [0.3, 0.4) is 0 Å². The van der Waals surface area contributed by atoms with Crippen LogP contribution in [0.25, 0.3) is 0 Å². The standard InChI is InChI=1S/C10H11NO2S/c11-7-1-2-8-14(13)10-5-3-9(12)4-6-10/h3-6,12H,1-2,8H2/t14-/m0/s1. The third-order valence-corrected chi connectivity index (χ3v) is 3.18. The minimum Gasteiger partial charge on any atom is -0.508 e. The number of phenols is 1. The summed E-state index contributed by atoms with van der Waals surface area (Å²) in [5.74, 6) is 0.668. The predicted octanol–water partition coefficient (Wildman–Crippen LogP) is 1.80. The number of hydrogen-bond donors (Lipinski definition) is 1. The molecule has 0 aliphatic carbocycles. The number of nitriles is 1. The van der Waals surface area contributed by atoms with Crippen LogP contribution in [0, 0.1) is 11.3 Å². The Labute approximate surface area is 85.5 Å². The van der Waals surface area contributed by atoms with Crippen LogP contribution < -0.4 is 0 Å². The zero-order chi connectivity index (χ0) is 10.4. The number of unbranched alkanes of at least 4 members (excludes halogenated alkanes) is 1. The van der Waals surface area contributed by atoms with Crippen molar-refractivity contribution in [2.45, 2.75) is 17.7 Å². The second-order valence-electron chi connectivity index (χ2n) is 2.81. The molecule has 3 nitrogen and oxygen atoms in total. The summed E-state index contributed by atoms with van der Waals surface area (Å²) in [4.78, 5) is 0.695. The molecule has 0 aromatic heterocycles. The summed E-state index contributed by atoms with van der Waals surface area (Å²) < 4.78 is 11.6. The molecule has 0 heterocycles. The van der Waals surface area contributed by atoms with Crippen molar-refractivity contribution >= 4 is 10.8 Å². The van der Waals surface area contributed by atoms with Gasteiger partial charge in [-0.2, -0.15) is 5.26 Å². The van der Waals surface area contributed by atoms with Gasteiger partial charge >= 0.3 is 0 Å². The number of benzene rings is 1. The summed E-state index contributed by atoms with van der Waals surface area (Å²) >= 11 is 0. The lowest BCUT2D eigenvalue weighted by molar-refractivity contribution is 0.475. The molecule has 0 aliphatic rings. The average Bonchev–Trinajstić information content (AvgIpc) is 2.19. The fourth-order valence-corrected chi connectivity index (χ4v) is 2.08. The van der Waals surface area contributed by atoms with Crippen molar-refractivity contribution < 1.29 is 9.32 Å². The third kappa shape index (κ3) is 3.19. The topological polar surface area (TPSA) is 61.1 Å². The summed E-state index contributed by atoms with van der Waals surface area (Å²) in [6, 6.07) is 8.31. The lowest BCUT2D eigenvalue weighted by Gasteiger charge is -2.00. The molecule has 0 saturated carbocycles. The SMILES string of the molecule is N#CCCC[S@](=O)c1ccc(O)cc1. The minimum absolute atomic E-state index is 0.169. The van der Waals surface area contributed by atoms with Crippen LogP contribution in [-0.2, 0) is 10.8 Å². The quantitative estimate of drug-likeness (QED) is 0.769. The van der Waals surface area contributed by atoms with Crippen LogP contribution in [-0.4, -0.2) is 15.1 Å². The normalized spacial score (nSPS) is 11.9. The van der Waals surface area contributed by atoms with Gasteiger partial charge in [-0.3, -0.25) is 4.21 Å². The van der Waals surface area contributed by atoms with E-state index in [1.807, 2.05) is 6.07 Å². The van der Waals surface area contributed by atoms with Crippen molar-refractivity contribution in [3.63, 3.8) is 0 Å². The van der Waals surface area contributed by atoms with E-state index in [1.165, 1.54) is 12.1 Å². The van der Waals surface area contributed by atoms with E-state index in [4.69, 9.17) is 10.4 Å². The van der Waals surface area contributed by atoms with Gasteiger partial charge in [0.1, 0.15) is 5.75 Å². The highest BCUT2D eigenvalue weighted by molar-refractivity contribution is 7.85. The van der Waals surface area contributed by atoms with E-state index in [9.17, 15) is 4.21 Å². The molecule has 0 bridgehead atoms. The van der Waals surface area contributed by atoms with Crippen LogP contribution in [0.4, 0.5) is 0 Å². The van der Waals surface area contributed by atoms with E-state index in [-0.39, 0.29) is 5.75 Å². The Balaban J connectivity index is 2.53. The first-order chi connectivity index (χ1) is 6.74. The van der Waals surface area contributed by atoms with Crippen LogP contribution >= 0.6 is 0 Å². The van der Waals surface area contributed by atoms with Gasteiger partial charge in [0.05, 0.1) is 16.9 Å². The maximum Gasteiger partial charge on any atom is 0.115 e. The van der Waals surface area contributed by atoms with Gasteiger partial charge < -0.3 is 5.11 Å². The van der Waals surface area contributed by atoms with Gasteiger partial charge in [0.2, 0.25) is 0 Å². The highest BCUT2D eigenvalue weighted by atomic mass is 32.2. The number of aromatic hydroxyl groups is 1. The molecule has 4 heteroatoms. The van der Waals surface area contributed by atoms with E-state index >= 15 is 0 Å². The van der Waals surface area contributed by atoms with Crippen molar-refractivity contribution in [1.29, 1.82) is 5.26 Å². The Kier molecular flexibility index (Phi) is 4.14. The van der Waals surface area contributed by atoms with Crippen molar-refractivity contribution in [3.05, 3.63) is 24.3 Å². The first-order valence-corrected chi connectivity index (χ1v) is 5.60. The van der Waals surface area contributed by atoms with Crippen molar-refractivity contribution in [2.75, 3.05) is 5.75 Å². The Morgan fingerprint density at radius 2 is 2.00 bits per heavy atom. The molecule has 0 saturated heterocycles. The summed E-state index contributed by atoms with van der Waals surface area (Å²) in [7, 11) is -1.06. The molecule has 1 N–H and O–H groups in total. The van der Waals surface area contributed by atoms with Crippen LogP contribution in [0.1, 0.15) is 12.8 Å². The lowest BCUT2D eigenvalue weighted by Crippen LogP contribution is -1.97. The highest BCUT2D eigenvalue weighted by Gasteiger charge is 2.02. The van der Waals surface area contributed by atoms with Gasteiger partial charge in [0.15, 0.2) is 0 Å². The number of hydrogen-bond acceptors (Lipinski definition) is 3. The summed E-state index contributed by atoms with van der Waals surface area (Å²) in [5, 5.41) is 17.3. The van der Waals surface area contributed by atoms with E-state index in [0.29, 0.717) is 23.5 Å². The molecule has 74 valence electrons. The molecular weight excluding hydrogens is 198 g/mol. The largest absolute Gasteiger partial charge is 0.508 e. The second-order valence-corrected chi connectivity index (χ2v) is 4.38. The van der Waals surface area contributed by atoms with Crippen LogP contribution in [0.5, 0.6) is 5.75 Å². The maximum atomic E-state index is 11.6. The Bertz CT molecular complexity index is 353. The summed E-state index contributed by atoms with van der Waals surface area (Å²) in [6.07, 6.45) is 1.08. The molecule has 0 aliphatic heterocycles. The van der Waals surface area contributed by atoms with Gasteiger partial charge in [-0.05, 0) is 30.7 Å².